The largest absolute Gasteiger partial charge is 0.306 e. The lowest BCUT2D eigenvalue weighted by Gasteiger charge is -2.36. The first-order valence-corrected chi connectivity index (χ1v) is 9.19. The van der Waals surface area contributed by atoms with Crippen LogP contribution >= 0.6 is 11.3 Å². The Kier molecular flexibility index (Phi) is 5.14. The van der Waals surface area contributed by atoms with Crippen molar-refractivity contribution in [3.05, 3.63) is 22.4 Å². The maximum absolute atomic E-state index is 4.03. The molecule has 3 heteroatoms. The maximum Gasteiger partial charge on any atom is 0.0445 e. The molecule has 2 heterocycles. The standard InChI is InChI=1S/C17H28N2S/c1-19-11-9-15(10-12-19)18-17(16-8-5-13-20-16)14-6-3-2-4-7-14/h5,8,13-15,17-18H,2-4,6-7,9-12H2,1H3/t17-/m1/s1. The predicted molar refractivity (Wildman–Crippen MR) is 87.3 cm³/mol. The van der Waals surface area contributed by atoms with Gasteiger partial charge in [-0.15, -0.1) is 11.3 Å². The van der Waals surface area contributed by atoms with Crippen molar-refractivity contribution in [1.82, 2.24) is 10.2 Å². The highest BCUT2D eigenvalue weighted by Gasteiger charge is 2.28. The van der Waals surface area contributed by atoms with Gasteiger partial charge in [0.05, 0.1) is 0 Å². The number of likely N-dealkylation sites (tertiary alicyclic amines) is 1. The summed E-state index contributed by atoms with van der Waals surface area (Å²) in [7, 11) is 2.24. The third kappa shape index (κ3) is 3.63. The van der Waals surface area contributed by atoms with Crippen LogP contribution in [-0.2, 0) is 0 Å². The zero-order chi connectivity index (χ0) is 13.8. The Labute approximate surface area is 127 Å². The van der Waals surface area contributed by atoms with E-state index in [-0.39, 0.29) is 0 Å². The first-order valence-electron chi connectivity index (χ1n) is 8.31. The molecule has 1 saturated heterocycles. The second-order valence-electron chi connectivity index (χ2n) is 6.64. The zero-order valence-corrected chi connectivity index (χ0v) is 13.5. The third-order valence-electron chi connectivity index (χ3n) is 5.10. The highest BCUT2D eigenvalue weighted by atomic mass is 32.1. The lowest BCUT2D eigenvalue weighted by molar-refractivity contribution is 0.195. The minimum Gasteiger partial charge on any atom is -0.306 e. The molecule has 2 nitrogen and oxygen atoms in total. The van der Waals surface area contributed by atoms with Crippen LogP contribution in [0.15, 0.2) is 17.5 Å². The first-order chi connectivity index (χ1) is 9.83. The molecule has 112 valence electrons. The molecule has 0 amide bonds. The molecule has 3 rings (SSSR count). The topological polar surface area (TPSA) is 15.3 Å². The van der Waals surface area contributed by atoms with E-state index in [0.717, 1.165) is 12.0 Å². The van der Waals surface area contributed by atoms with Crippen molar-refractivity contribution < 1.29 is 0 Å². The van der Waals surface area contributed by atoms with Crippen LogP contribution in [0.4, 0.5) is 0 Å². The number of rotatable bonds is 4. The van der Waals surface area contributed by atoms with Crippen molar-refractivity contribution in [2.75, 3.05) is 20.1 Å². The van der Waals surface area contributed by atoms with Gasteiger partial charge in [0.15, 0.2) is 0 Å². The normalized spacial score (nSPS) is 24.9. The van der Waals surface area contributed by atoms with E-state index >= 15 is 0 Å². The van der Waals surface area contributed by atoms with Crippen LogP contribution in [0.5, 0.6) is 0 Å². The molecule has 1 aliphatic heterocycles. The van der Waals surface area contributed by atoms with Gasteiger partial charge in [0, 0.05) is 17.0 Å². The van der Waals surface area contributed by atoms with Gasteiger partial charge in [-0.25, -0.2) is 0 Å². The molecule has 1 aliphatic carbocycles. The van der Waals surface area contributed by atoms with Gasteiger partial charge in [-0.3, -0.25) is 0 Å². The van der Waals surface area contributed by atoms with Crippen LogP contribution in [0.25, 0.3) is 0 Å². The molecule has 1 aromatic rings. The number of hydrogen-bond donors (Lipinski definition) is 1. The van der Waals surface area contributed by atoms with E-state index in [1.165, 1.54) is 58.0 Å². The van der Waals surface area contributed by atoms with Gasteiger partial charge in [0.1, 0.15) is 0 Å². The summed E-state index contributed by atoms with van der Waals surface area (Å²) in [6.07, 6.45) is 9.77. The van der Waals surface area contributed by atoms with Gasteiger partial charge >= 0.3 is 0 Å². The maximum atomic E-state index is 4.03. The van der Waals surface area contributed by atoms with Crippen LogP contribution in [-0.4, -0.2) is 31.1 Å². The fourth-order valence-electron chi connectivity index (χ4n) is 3.82. The monoisotopic (exact) mass is 292 g/mol. The van der Waals surface area contributed by atoms with E-state index in [1.54, 1.807) is 4.88 Å². The molecule has 1 saturated carbocycles. The molecular weight excluding hydrogens is 264 g/mol. The van der Waals surface area contributed by atoms with Crippen molar-refractivity contribution in [2.45, 2.75) is 57.0 Å². The molecule has 20 heavy (non-hydrogen) atoms. The Hall–Kier alpha value is -0.380. The van der Waals surface area contributed by atoms with E-state index in [2.05, 4.69) is 34.8 Å². The van der Waals surface area contributed by atoms with Gasteiger partial charge in [0.25, 0.3) is 0 Å². The first kappa shape index (κ1) is 14.6. The van der Waals surface area contributed by atoms with Crippen LogP contribution in [0.2, 0.25) is 0 Å². The summed E-state index contributed by atoms with van der Waals surface area (Å²) in [4.78, 5) is 4.02. The quantitative estimate of drug-likeness (QED) is 0.900. The highest BCUT2D eigenvalue weighted by Crippen LogP contribution is 2.37. The van der Waals surface area contributed by atoms with Gasteiger partial charge in [-0.05, 0) is 63.2 Å². The van der Waals surface area contributed by atoms with Crippen LogP contribution < -0.4 is 5.32 Å². The Morgan fingerprint density at radius 1 is 1.15 bits per heavy atom. The highest BCUT2D eigenvalue weighted by molar-refractivity contribution is 7.10. The van der Waals surface area contributed by atoms with Gasteiger partial charge < -0.3 is 10.2 Å². The molecule has 1 N–H and O–H groups in total. The summed E-state index contributed by atoms with van der Waals surface area (Å²) in [5, 5.41) is 6.27. The molecule has 0 bridgehead atoms. The lowest BCUT2D eigenvalue weighted by atomic mass is 9.82. The number of hydrogen-bond acceptors (Lipinski definition) is 3. The molecule has 2 fully saturated rings. The van der Waals surface area contributed by atoms with Crippen molar-refractivity contribution >= 4 is 11.3 Å². The molecule has 0 spiro atoms. The van der Waals surface area contributed by atoms with E-state index in [0.29, 0.717) is 6.04 Å². The summed E-state index contributed by atoms with van der Waals surface area (Å²) in [6, 6.07) is 5.89. The molecule has 2 aliphatic rings. The van der Waals surface area contributed by atoms with Crippen LogP contribution in [0.1, 0.15) is 55.9 Å². The Balaban J connectivity index is 1.65. The second-order valence-corrected chi connectivity index (χ2v) is 7.61. The summed E-state index contributed by atoms with van der Waals surface area (Å²) < 4.78 is 0. The SMILES string of the molecule is CN1CCC(N[C@@H](c2cccs2)C2CCCCC2)CC1. The van der Waals surface area contributed by atoms with Crippen molar-refractivity contribution in [3.63, 3.8) is 0 Å². The van der Waals surface area contributed by atoms with Crippen LogP contribution in [0.3, 0.4) is 0 Å². The minimum absolute atomic E-state index is 0.615. The van der Waals surface area contributed by atoms with Crippen LogP contribution in [0, 0.1) is 5.92 Å². The van der Waals surface area contributed by atoms with E-state index < -0.39 is 0 Å². The molecule has 1 atom stereocenters. The smallest absolute Gasteiger partial charge is 0.0445 e. The van der Waals surface area contributed by atoms with Gasteiger partial charge in [-0.1, -0.05) is 25.3 Å². The van der Waals surface area contributed by atoms with E-state index in [4.69, 9.17) is 0 Å². The summed E-state index contributed by atoms with van der Waals surface area (Å²) >= 11 is 1.94. The third-order valence-corrected chi connectivity index (χ3v) is 6.06. The number of piperidine rings is 1. The average Bonchev–Trinajstić information content (AvgIpc) is 3.01. The fourth-order valence-corrected chi connectivity index (χ4v) is 4.69. The van der Waals surface area contributed by atoms with Crippen molar-refractivity contribution in [2.24, 2.45) is 5.92 Å². The Morgan fingerprint density at radius 2 is 1.90 bits per heavy atom. The van der Waals surface area contributed by atoms with E-state index in [9.17, 15) is 0 Å². The van der Waals surface area contributed by atoms with Crippen molar-refractivity contribution in [1.29, 1.82) is 0 Å². The summed E-state index contributed by atoms with van der Waals surface area (Å²) in [6.45, 7) is 2.50. The van der Waals surface area contributed by atoms with Gasteiger partial charge in [-0.2, -0.15) is 0 Å². The summed E-state index contributed by atoms with van der Waals surface area (Å²) in [5.41, 5.74) is 0. The molecule has 0 aromatic carbocycles. The van der Waals surface area contributed by atoms with Crippen molar-refractivity contribution in [3.8, 4) is 0 Å². The number of nitrogens with one attached hydrogen (secondary N) is 1. The molecule has 1 aromatic heterocycles. The molecule has 0 radical (unpaired) electrons. The molecule has 0 unspecified atom stereocenters. The number of nitrogens with zero attached hydrogens (tertiary/aromatic N) is 1. The Bertz CT molecular complexity index is 376. The molecular formula is C17H28N2S. The Morgan fingerprint density at radius 3 is 2.55 bits per heavy atom. The average molecular weight is 292 g/mol. The predicted octanol–water partition coefficient (Wildman–Crippen LogP) is 4.05. The lowest BCUT2D eigenvalue weighted by Crippen LogP contribution is -2.44. The van der Waals surface area contributed by atoms with E-state index in [1.807, 2.05) is 11.3 Å². The zero-order valence-electron chi connectivity index (χ0n) is 12.7. The number of thiophene rings is 1. The fraction of sp³-hybridized carbons (Fsp3) is 0.765. The second kappa shape index (κ2) is 7.06. The minimum atomic E-state index is 0.615. The summed E-state index contributed by atoms with van der Waals surface area (Å²) in [5.74, 6) is 0.863. The van der Waals surface area contributed by atoms with Gasteiger partial charge in [0.2, 0.25) is 0 Å².